The van der Waals surface area contributed by atoms with Gasteiger partial charge in [-0.15, -0.1) is 0 Å². The quantitative estimate of drug-likeness (QED) is 0.881. The Morgan fingerprint density at radius 2 is 2.25 bits per heavy atom. The second-order valence-electron chi connectivity index (χ2n) is 5.90. The van der Waals surface area contributed by atoms with Crippen LogP contribution in [0.3, 0.4) is 0 Å². The van der Waals surface area contributed by atoms with E-state index in [1.54, 1.807) is 25.7 Å². The SMILES string of the molecule is CCC(=O)N1C[C@@H](Nc2nccc(OC)n2)[C@H](c2cn(C)cn2)C1. The van der Waals surface area contributed by atoms with Gasteiger partial charge in [0.1, 0.15) is 0 Å². The van der Waals surface area contributed by atoms with Crippen LogP contribution in [0.15, 0.2) is 24.8 Å². The molecule has 24 heavy (non-hydrogen) atoms. The smallest absolute Gasteiger partial charge is 0.226 e. The van der Waals surface area contributed by atoms with Crippen molar-refractivity contribution in [2.24, 2.45) is 7.05 Å². The van der Waals surface area contributed by atoms with Crippen molar-refractivity contribution in [1.82, 2.24) is 24.4 Å². The number of hydrogen-bond acceptors (Lipinski definition) is 6. The number of ether oxygens (including phenoxy) is 1. The van der Waals surface area contributed by atoms with Gasteiger partial charge in [-0.2, -0.15) is 4.98 Å². The molecule has 0 saturated carbocycles. The highest BCUT2D eigenvalue weighted by atomic mass is 16.5. The third-order valence-corrected chi connectivity index (χ3v) is 4.23. The number of nitrogens with one attached hydrogen (secondary N) is 1. The van der Waals surface area contributed by atoms with Crippen LogP contribution in [0.25, 0.3) is 0 Å². The Morgan fingerprint density at radius 3 is 2.92 bits per heavy atom. The van der Waals surface area contributed by atoms with E-state index >= 15 is 0 Å². The summed E-state index contributed by atoms with van der Waals surface area (Å²) in [5, 5.41) is 3.34. The first-order chi connectivity index (χ1) is 11.6. The molecule has 0 bridgehead atoms. The van der Waals surface area contributed by atoms with Gasteiger partial charge in [0.05, 0.1) is 25.2 Å². The van der Waals surface area contributed by atoms with Crippen LogP contribution in [0.4, 0.5) is 5.95 Å². The third kappa shape index (κ3) is 3.32. The number of anilines is 1. The molecule has 3 heterocycles. The Bertz CT molecular complexity index is 716. The molecule has 1 N–H and O–H groups in total. The fourth-order valence-electron chi connectivity index (χ4n) is 2.99. The van der Waals surface area contributed by atoms with Crippen LogP contribution in [0.2, 0.25) is 0 Å². The number of methoxy groups -OCH3 is 1. The van der Waals surface area contributed by atoms with Gasteiger partial charge in [0.2, 0.25) is 17.7 Å². The van der Waals surface area contributed by atoms with Gasteiger partial charge < -0.3 is 19.5 Å². The van der Waals surface area contributed by atoms with Crippen molar-refractivity contribution in [2.45, 2.75) is 25.3 Å². The lowest BCUT2D eigenvalue weighted by atomic mass is 10.0. The molecule has 2 aromatic heterocycles. The van der Waals surface area contributed by atoms with Gasteiger partial charge in [0.25, 0.3) is 0 Å². The largest absolute Gasteiger partial charge is 0.481 e. The number of imidazole rings is 1. The molecule has 128 valence electrons. The maximum Gasteiger partial charge on any atom is 0.226 e. The van der Waals surface area contributed by atoms with E-state index in [2.05, 4.69) is 20.3 Å². The molecule has 8 heteroatoms. The second-order valence-corrected chi connectivity index (χ2v) is 5.90. The monoisotopic (exact) mass is 330 g/mol. The summed E-state index contributed by atoms with van der Waals surface area (Å²) >= 11 is 0. The maximum atomic E-state index is 12.1. The van der Waals surface area contributed by atoms with Crippen LogP contribution in [0, 0.1) is 0 Å². The van der Waals surface area contributed by atoms with Crippen LogP contribution in [-0.4, -0.2) is 56.6 Å². The summed E-state index contributed by atoms with van der Waals surface area (Å²) in [5.41, 5.74) is 0.962. The van der Waals surface area contributed by atoms with Gasteiger partial charge in [0, 0.05) is 50.9 Å². The molecule has 0 unspecified atom stereocenters. The van der Waals surface area contributed by atoms with Crippen LogP contribution < -0.4 is 10.1 Å². The molecule has 0 aliphatic carbocycles. The summed E-state index contributed by atoms with van der Waals surface area (Å²) in [5.74, 6) is 1.23. The number of aromatic nitrogens is 4. The average Bonchev–Trinajstić information content (AvgIpc) is 3.20. The molecule has 1 saturated heterocycles. The normalized spacial score (nSPS) is 20.2. The molecule has 1 amide bonds. The van der Waals surface area contributed by atoms with Crippen molar-refractivity contribution in [2.75, 3.05) is 25.5 Å². The maximum absolute atomic E-state index is 12.1. The number of rotatable bonds is 5. The van der Waals surface area contributed by atoms with Gasteiger partial charge in [-0.05, 0) is 0 Å². The Balaban J connectivity index is 1.82. The second kappa shape index (κ2) is 6.86. The fraction of sp³-hybridized carbons (Fsp3) is 0.500. The van der Waals surface area contributed by atoms with Gasteiger partial charge in [-0.25, -0.2) is 9.97 Å². The first-order valence-electron chi connectivity index (χ1n) is 8.00. The summed E-state index contributed by atoms with van der Waals surface area (Å²) in [6.07, 6.45) is 5.91. The van der Waals surface area contributed by atoms with E-state index < -0.39 is 0 Å². The van der Waals surface area contributed by atoms with Crippen molar-refractivity contribution in [3.05, 3.63) is 30.5 Å². The lowest BCUT2D eigenvalue weighted by Crippen LogP contribution is -2.31. The van der Waals surface area contributed by atoms with E-state index in [9.17, 15) is 4.79 Å². The molecular formula is C16H22N6O2. The lowest BCUT2D eigenvalue weighted by molar-refractivity contribution is -0.129. The first-order valence-corrected chi connectivity index (χ1v) is 8.00. The Morgan fingerprint density at radius 1 is 1.42 bits per heavy atom. The Labute approximate surface area is 140 Å². The van der Waals surface area contributed by atoms with E-state index in [4.69, 9.17) is 4.74 Å². The Hall–Kier alpha value is -2.64. The zero-order chi connectivity index (χ0) is 17.1. The van der Waals surface area contributed by atoms with E-state index in [-0.39, 0.29) is 17.9 Å². The van der Waals surface area contributed by atoms with Gasteiger partial charge in [0.15, 0.2) is 0 Å². The minimum atomic E-state index is 0.00232. The first kappa shape index (κ1) is 16.2. The molecule has 2 atom stereocenters. The van der Waals surface area contributed by atoms with Gasteiger partial charge in [-0.3, -0.25) is 4.79 Å². The molecule has 0 radical (unpaired) electrons. The molecule has 0 aromatic carbocycles. The van der Waals surface area contributed by atoms with Crippen LogP contribution in [0.1, 0.15) is 25.0 Å². The van der Waals surface area contributed by atoms with Crippen molar-refractivity contribution >= 4 is 11.9 Å². The zero-order valence-corrected chi connectivity index (χ0v) is 14.1. The number of likely N-dealkylation sites (tertiary alicyclic amines) is 1. The number of carbonyl (C=O) groups excluding carboxylic acids is 1. The average molecular weight is 330 g/mol. The highest BCUT2D eigenvalue weighted by molar-refractivity contribution is 5.76. The molecule has 8 nitrogen and oxygen atoms in total. The highest BCUT2D eigenvalue weighted by Gasteiger charge is 2.37. The molecule has 3 rings (SSSR count). The van der Waals surface area contributed by atoms with Crippen molar-refractivity contribution in [3.63, 3.8) is 0 Å². The van der Waals surface area contributed by atoms with E-state index in [1.165, 1.54) is 0 Å². The van der Waals surface area contributed by atoms with Crippen molar-refractivity contribution in [3.8, 4) is 5.88 Å². The molecule has 0 spiro atoms. The predicted molar refractivity (Wildman–Crippen MR) is 88.8 cm³/mol. The Kier molecular flexibility index (Phi) is 4.64. The number of amides is 1. The molecule has 1 aliphatic heterocycles. The van der Waals surface area contributed by atoms with E-state index in [0.29, 0.717) is 31.3 Å². The standard InChI is InChI=1S/C16H22N6O2/c1-4-15(23)22-7-11(12-8-21(2)10-18-12)13(9-22)19-16-17-6-5-14(20-16)24-3/h5-6,8,10-11,13H,4,7,9H2,1-3H3,(H,17,19,20)/t11-,13+/m0/s1. The summed E-state index contributed by atoms with van der Waals surface area (Å²) in [6.45, 7) is 3.13. The van der Waals surface area contributed by atoms with Crippen LogP contribution in [0.5, 0.6) is 5.88 Å². The zero-order valence-electron chi connectivity index (χ0n) is 14.1. The van der Waals surface area contributed by atoms with Gasteiger partial charge in [-0.1, -0.05) is 6.92 Å². The third-order valence-electron chi connectivity index (χ3n) is 4.23. The number of aryl methyl sites for hydroxylation is 1. The topological polar surface area (TPSA) is 85.2 Å². The van der Waals surface area contributed by atoms with Gasteiger partial charge >= 0.3 is 0 Å². The van der Waals surface area contributed by atoms with E-state index in [1.807, 2.05) is 29.6 Å². The summed E-state index contributed by atoms with van der Waals surface area (Å²) in [7, 11) is 3.51. The number of carbonyl (C=O) groups is 1. The van der Waals surface area contributed by atoms with E-state index in [0.717, 1.165) is 5.69 Å². The van der Waals surface area contributed by atoms with Crippen molar-refractivity contribution in [1.29, 1.82) is 0 Å². The fourth-order valence-corrected chi connectivity index (χ4v) is 2.99. The van der Waals surface area contributed by atoms with Crippen LogP contribution in [-0.2, 0) is 11.8 Å². The van der Waals surface area contributed by atoms with Crippen molar-refractivity contribution < 1.29 is 9.53 Å². The number of nitrogens with zero attached hydrogens (tertiary/aromatic N) is 5. The minimum Gasteiger partial charge on any atom is -0.481 e. The number of hydrogen-bond donors (Lipinski definition) is 1. The van der Waals surface area contributed by atoms with Crippen LogP contribution >= 0.6 is 0 Å². The summed E-state index contributed by atoms with van der Waals surface area (Å²) in [4.78, 5) is 27.0. The lowest BCUT2D eigenvalue weighted by Gasteiger charge is -2.18. The molecule has 2 aromatic rings. The molecule has 1 aliphatic rings. The summed E-state index contributed by atoms with van der Waals surface area (Å²) in [6, 6.07) is 1.70. The molecular weight excluding hydrogens is 308 g/mol. The highest BCUT2D eigenvalue weighted by Crippen LogP contribution is 2.29. The predicted octanol–water partition coefficient (Wildman–Crippen LogP) is 1.04. The molecule has 1 fully saturated rings. The summed E-state index contributed by atoms with van der Waals surface area (Å²) < 4.78 is 7.05. The minimum absolute atomic E-state index is 0.00232.